The standard InChI is InChI=1S/C13H18N2O3/c1-2-3-4-7-14-13(18)15-9-5-6-11(15)10(8-9)12(16)17/h9-11H,4-8H2,1H3,(H,14,18)(H,16,17). The van der Waals surface area contributed by atoms with Gasteiger partial charge in [0.25, 0.3) is 0 Å². The first kappa shape index (κ1) is 12.7. The van der Waals surface area contributed by atoms with E-state index in [4.69, 9.17) is 5.11 Å². The van der Waals surface area contributed by atoms with E-state index >= 15 is 0 Å². The molecule has 2 heterocycles. The molecule has 2 rings (SSSR count). The zero-order chi connectivity index (χ0) is 13.1. The molecule has 0 radical (unpaired) electrons. The Balaban J connectivity index is 1.91. The lowest BCUT2D eigenvalue weighted by Gasteiger charge is -2.23. The van der Waals surface area contributed by atoms with Crippen molar-refractivity contribution >= 4 is 12.0 Å². The number of urea groups is 1. The fraction of sp³-hybridized carbons (Fsp3) is 0.692. The zero-order valence-corrected chi connectivity index (χ0v) is 10.5. The van der Waals surface area contributed by atoms with Gasteiger partial charge in [-0.3, -0.25) is 4.79 Å². The van der Waals surface area contributed by atoms with Crippen molar-refractivity contribution < 1.29 is 14.7 Å². The number of nitrogens with zero attached hydrogens (tertiary/aromatic N) is 1. The molecule has 2 fully saturated rings. The predicted octanol–water partition coefficient (Wildman–Crippen LogP) is 1.05. The van der Waals surface area contributed by atoms with E-state index in [2.05, 4.69) is 17.2 Å². The molecule has 3 unspecified atom stereocenters. The maximum atomic E-state index is 12.0. The maximum absolute atomic E-state index is 12.0. The first-order chi connectivity index (χ1) is 8.65. The van der Waals surface area contributed by atoms with Crippen LogP contribution in [0.25, 0.3) is 0 Å². The van der Waals surface area contributed by atoms with Gasteiger partial charge in [-0.25, -0.2) is 4.79 Å². The van der Waals surface area contributed by atoms with Crippen LogP contribution in [-0.2, 0) is 4.79 Å². The summed E-state index contributed by atoms with van der Waals surface area (Å²) in [5.41, 5.74) is 0. The Morgan fingerprint density at radius 2 is 2.22 bits per heavy atom. The van der Waals surface area contributed by atoms with Crippen LogP contribution < -0.4 is 5.32 Å². The van der Waals surface area contributed by atoms with Gasteiger partial charge in [-0.1, -0.05) is 0 Å². The van der Waals surface area contributed by atoms with Crippen LogP contribution in [0.4, 0.5) is 4.79 Å². The lowest BCUT2D eigenvalue weighted by Crippen LogP contribution is -2.44. The molecule has 0 aliphatic carbocycles. The highest BCUT2D eigenvalue weighted by Gasteiger charge is 2.51. The number of carboxylic acids is 1. The Morgan fingerprint density at radius 1 is 1.44 bits per heavy atom. The molecule has 2 amide bonds. The van der Waals surface area contributed by atoms with E-state index < -0.39 is 5.97 Å². The van der Waals surface area contributed by atoms with Crippen LogP contribution >= 0.6 is 0 Å². The topological polar surface area (TPSA) is 69.6 Å². The second-order valence-electron chi connectivity index (χ2n) is 4.79. The number of aliphatic carboxylic acids is 1. The molecule has 5 heteroatoms. The molecule has 5 nitrogen and oxygen atoms in total. The molecule has 0 aromatic carbocycles. The van der Waals surface area contributed by atoms with Crippen molar-refractivity contribution in [2.24, 2.45) is 5.92 Å². The van der Waals surface area contributed by atoms with Crippen LogP contribution in [0.2, 0.25) is 0 Å². The Morgan fingerprint density at radius 3 is 2.83 bits per heavy atom. The molecule has 3 atom stereocenters. The van der Waals surface area contributed by atoms with Crippen LogP contribution in [0.1, 0.15) is 32.6 Å². The summed E-state index contributed by atoms with van der Waals surface area (Å²) in [5, 5.41) is 11.9. The predicted molar refractivity (Wildman–Crippen MR) is 65.9 cm³/mol. The average Bonchev–Trinajstić information content (AvgIpc) is 2.91. The van der Waals surface area contributed by atoms with Gasteiger partial charge in [0.1, 0.15) is 0 Å². The van der Waals surface area contributed by atoms with Gasteiger partial charge in [-0.05, 0) is 26.2 Å². The first-order valence-electron chi connectivity index (χ1n) is 6.33. The highest BCUT2D eigenvalue weighted by molar-refractivity contribution is 5.79. The molecule has 0 saturated carbocycles. The van der Waals surface area contributed by atoms with Gasteiger partial charge in [-0.2, -0.15) is 0 Å². The zero-order valence-electron chi connectivity index (χ0n) is 10.5. The fourth-order valence-corrected chi connectivity index (χ4v) is 3.02. The van der Waals surface area contributed by atoms with Crippen molar-refractivity contribution in [1.29, 1.82) is 0 Å². The summed E-state index contributed by atoms with van der Waals surface area (Å²) >= 11 is 0. The van der Waals surface area contributed by atoms with Crippen molar-refractivity contribution in [3.63, 3.8) is 0 Å². The molecule has 18 heavy (non-hydrogen) atoms. The van der Waals surface area contributed by atoms with Crippen molar-refractivity contribution in [2.75, 3.05) is 6.54 Å². The van der Waals surface area contributed by atoms with Crippen LogP contribution in [0.15, 0.2) is 0 Å². The smallest absolute Gasteiger partial charge is 0.317 e. The molecule has 0 aromatic heterocycles. The largest absolute Gasteiger partial charge is 0.481 e. The van der Waals surface area contributed by atoms with Gasteiger partial charge < -0.3 is 15.3 Å². The Kier molecular flexibility index (Phi) is 3.75. The number of carbonyl (C=O) groups excluding carboxylic acids is 1. The van der Waals surface area contributed by atoms with Crippen LogP contribution in [0.5, 0.6) is 0 Å². The maximum Gasteiger partial charge on any atom is 0.317 e. The van der Waals surface area contributed by atoms with Crippen LogP contribution in [-0.4, -0.2) is 40.6 Å². The molecule has 2 aliphatic heterocycles. The Hall–Kier alpha value is -1.70. The summed E-state index contributed by atoms with van der Waals surface area (Å²) < 4.78 is 0. The summed E-state index contributed by atoms with van der Waals surface area (Å²) in [6.45, 7) is 2.29. The van der Waals surface area contributed by atoms with E-state index in [0.717, 1.165) is 12.8 Å². The van der Waals surface area contributed by atoms with Crippen molar-refractivity contribution in [1.82, 2.24) is 10.2 Å². The lowest BCUT2D eigenvalue weighted by molar-refractivity contribution is -0.142. The SMILES string of the molecule is CC#CCCNC(=O)N1C2CCC1C(C(=O)O)C2. The highest BCUT2D eigenvalue weighted by Crippen LogP contribution is 2.41. The number of amides is 2. The summed E-state index contributed by atoms with van der Waals surface area (Å²) in [4.78, 5) is 24.8. The molecule has 2 saturated heterocycles. The third-order valence-corrected chi connectivity index (χ3v) is 3.79. The number of carbonyl (C=O) groups is 2. The van der Waals surface area contributed by atoms with Gasteiger partial charge in [0, 0.05) is 25.0 Å². The number of carboxylic acid groups (broad SMARTS) is 1. The number of nitrogens with one attached hydrogen (secondary N) is 1. The van der Waals surface area contributed by atoms with Gasteiger partial charge >= 0.3 is 12.0 Å². The van der Waals surface area contributed by atoms with E-state index in [9.17, 15) is 9.59 Å². The third-order valence-electron chi connectivity index (χ3n) is 3.79. The molecular weight excluding hydrogens is 232 g/mol. The number of rotatable bonds is 3. The molecule has 2 aliphatic rings. The second-order valence-corrected chi connectivity index (χ2v) is 4.79. The monoisotopic (exact) mass is 250 g/mol. The Labute approximate surface area is 107 Å². The molecule has 98 valence electrons. The van der Waals surface area contributed by atoms with Crippen LogP contribution in [0.3, 0.4) is 0 Å². The number of fused-ring (bicyclic) bond motifs is 2. The first-order valence-corrected chi connectivity index (χ1v) is 6.33. The fourth-order valence-electron chi connectivity index (χ4n) is 3.02. The summed E-state index contributed by atoms with van der Waals surface area (Å²) in [6.07, 6.45) is 2.97. The molecule has 0 aromatic rings. The number of hydrogen-bond donors (Lipinski definition) is 2. The normalized spacial score (nSPS) is 28.7. The van der Waals surface area contributed by atoms with Gasteiger partial charge in [0.2, 0.25) is 0 Å². The van der Waals surface area contributed by atoms with Crippen molar-refractivity contribution in [2.45, 2.75) is 44.7 Å². The minimum absolute atomic E-state index is 0.105. The summed E-state index contributed by atoms with van der Waals surface area (Å²) in [5.74, 6) is 4.49. The van der Waals surface area contributed by atoms with Gasteiger partial charge in [-0.15, -0.1) is 11.8 Å². The minimum Gasteiger partial charge on any atom is -0.481 e. The quantitative estimate of drug-likeness (QED) is 0.581. The highest BCUT2D eigenvalue weighted by atomic mass is 16.4. The van der Waals surface area contributed by atoms with Crippen molar-refractivity contribution in [3.8, 4) is 11.8 Å². The molecular formula is C13H18N2O3. The molecule has 0 spiro atoms. The van der Waals surface area contributed by atoms with E-state index in [0.29, 0.717) is 19.4 Å². The van der Waals surface area contributed by atoms with Crippen molar-refractivity contribution in [3.05, 3.63) is 0 Å². The average molecular weight is 250 g/mol. The van der Waals surface area contributed by atoms with Gasteiger partial charge in [0.15, 0.2) is 0 Å². The summed E-state index contributed by atoms with van der Waals surface area (Å²) in [6, 6.07) is -0.151. The summed E-state index contributed by atoms with van der Waals surface area (Å²) in [7, 11) is 0. The van der Waals surface area contributed by atoms with Crippen LogP contribution in [0, 0.1) is 17.8 Å². The van der Waals surface area contributed by atoms with E-state index in [1.165, 1.54) is 0 Å². The molecule has 2 bridgehead atoms. The van der Waals surface area contributed by atoms with E-state index in [1.54, 1.807) is 11.8 Å². The third kappa shape index (κ3) is 2.28. The Bertz CT molecular complexity index is 410. The lowest BCUT2D eigenvalue weighted by atomic mass is 9.89. The van der Waals surface area contributed by atoms with Gasteiger partial charge in [0.05, 0.1) is 5.92 Å². The van der Waals surface area contributed by atoms with E-state index in [-0.39, 0.29) is 24.0 Å². The second kappa shape index (κ2) is 5.30. The number of hydrogen-bond acceptors (Lipinski definition) is 2. The van der Waals surface area contributed by atoms with E-state index in [1.807, 2.05) is 0 Å². The molecule has 2 N–H and O–H groups in total. The minimum atomic E-state index is -0.781.